The minimum absolute atomic E-state index is 0. The van der Waals surface area contributed by atoms with Gasteiger partial charge in [0.15, 0.2) is 0 Å². The summed E-state index contributed by atoms with van der Waals surface area (Å²) in [6.45, 7) is 2.08. The zero-order valence-electron chi connectivity index (χ0n) is 4.42. The van der Waals surface area contributed by atoms with Crippen LogP contribution >= 0.6 is 12.4 Å². The molecule has 0 unspecified atom stereocenters. The van der Waals surface area contributed by atoms with Crippen molar-refractivity contribution in [2.75, 3.05) is 6.61 Å². The van der Waals surface area contributed by atoms with Gasteiger partial charge >= 0.3 is 0 Å². The maximum Gasteiger partial charge on any atom is 0.0445 e. The Balaban J connectivity index is 0. The van der Waals surface area contributed by atoms with Crippen LogP contribution in [0.3, 0.4) is 0 Å². The van der Waals surface area contributed by atoms with Crippen LogP contribution in [0.2, 0.25) is 0 Å². The summed E-state index contributed by atoms with van der Waals surface area (Å²) in [5.41, 5.74) is 5.24. The lowest BCUT2D eigenvalue weighted by atomic mass is 10.3. The smallest absolute Gasteiger partial charge is 0.0445 e. The summed E-state index contributed by atoms with van der Waals surface area (Å²) in [6.07, 6.45) is 0.708. The molecule has 0 aliphatic carbocycles. The maximum absolute atomic E-state index is 8.16. The van der Waals surface area contributed by atoms with Crippen LogP contribution in [-0.4, -0.2) is 17.8 Å². The van der Waals surface area contributed by atoms with Crippen molar-refractivity contribution in [3.8, 4) is 0 Å². The second-order valence-electron chi connectivity index (χ2n) is 1.49. The molecule has 0 fully saturated rings. The SMILES string of the molecule is C[C@@H](N)CCO.Cl. The van der Waals surface area contributed by atoms with Gasteiger partial charge in [0.2, 0.25) is 0 Å². The second kappa shape index (κ2) is 6.21. The van der Waals surface area contributed by atoms with Crippen LogP contribution in [-0.2, 0) is 0 Å². The van der Waals surface area contributed by atoms with E-state index in [-0.39, 0.29) is 25.1 Å². The lowest BCUT2D eigenvalue weighted by molar-refractivity contribution is 0.279. The molecule has 0 aromatic carbocycles. The van der Waals surface area contributed by atoms with Crippen molar-refractivity contribution < 1.29 is 5.11 Å². The number of halogens is 1. The highest BCUT2D eigenvalue weighted by molar-refractivity contribution is 5.85. The number of aliphatic hydroxyl groups excluding tert-OH is 1. The highest BCUT2D eigenvalue weighted by atomic mass is 35.5. The van der Waals surface area contributed by atoms with Crippen molar-refractivity contribution in [1.29, 1.82) is 0 Å². The van der Waals surface area contributed by atoms with Crippen molar-refractivity contribution in [2.24, 2.45) is 5.73 Å². The van der Waals surface area contributed by atoms with E-state index in [4.69, 9.17) is 10.8 Å². The minimum atomic E-state index is 0. The Labute approximate surface area is 50.1 Å². The molecule has 0 rings (SSSR count). The first-order chi connectivity index (χ1) is 2.77. The number of nitrogens with two attached hydrogens (primary N) is 1. The van der Waals surface area contributed by atoms with Gasteiger partial charge in [-0.15, -0.1) is 12.4 Å². The third-order valence-corrected chi connectivity index (χ3v) is 0.584. The van der Waals surface area contributed by atoms with Gasteiger partial charge in [0.25, 0.3) is 0 Å². The minimum Gasteiger partial charge on any atom is -0.396 e. The van der Waals surface area contributed by atoms with Gasteiger partial charge in [-0.25, -0.2) is 0 Å². The molecule has 0 aromatic heterocycles. The summed E-state index contributed by atoms with van der Waals surface area (Å²) in [7, 11) is 0. The first-order valence-corrected chi connectivity index (χ1v) is 2.14. The van der Waals surface area contributed by atoms with Crippen molar-refractivity contribution in [3.05, 3.63) is 0 Å². The first-order valence-electron chi connectivity index (χ1n) is 2.14. The van der Waals surface area contributed by atoms with Gasteiger partial charge in [0.05, 0.1) is 0 Å². The predicted molar refractivity (Wildman–Crippen MR) is 32.6 cm³/mol. The van der Waals surface area contributed by atoms with E-state index >= 15 is 0 Å². The van der Waals surface area contributed by atoms with Crippen LogP contribution in [0, 0.1) is 0 Å². The van der Waals surface area contributed by atoms with E-state index in [1.54, 1.807) is 0 Å². The zero-order chi connectivity index (χ0) is 4.99. The van der Waals surface area contributed by atoms with E-state index in [0.717, 1.165) is 0 Å². The molecule has 3 heteroatoms. The normalized spacial score (nSPS) is 12.4. The summed E-state index contributed by atoms with van der Waals surface area (Å²) in [4.78, 5) is 0. The lowest BCUT2D eigenvalue weighted by Gasteiger charge is -1.96. The fraction of sp³-hybridized carbons (Fsp3) is 1.00. The standard InChI is InChI=1S/C4H11NO.ClH/c1-4(5)2-3-6;/h4,6H,2-3,5H2,1H3;1H/t4-;/m1./s1. The molecule has 0 radical (unpaired) electrons. The predicted octanol–water partition coefficient (Wildman–Crippen LogP) is 0.138. The monoisotopic (exact) mass is 125 g/mol. The molecular weight excluding hydrogens is 114 g/mol. The molecular formula is C4H12ClNO. The molecule has 2 nitrogen and oxygen atoms in total. The van der Waals surface area contributed by atoms with Crippen molar-refractivity contribution >= 4 is 12.4 Å². The Morgan fingerprint density at radius 2 is 2.14 bits per heavy atom. The number of rotatable bonds is 2. The average molecular weight is 126 g/mol. The average Bonchev–Trinajstić information content (AvgIpc) is 1.35. The van der Waals surface area contributed by atoms with Crippen LogP contribution in [0.25, 0.3) is 0 Å². The quantitative estimate of drug-likeness (QED) is 0.552. The third kappa shape index (κ3) is 10.7. The Bertz CT molecular complexity index is 32.9. The first kappa shape index (κ1) is 10.2. The molecule has 0 aliphatic rings. The molecule has 46 valence electrons. The summed E-state index contributed by atoms with van der Waals surface area (Å²) < 4.78 is 0. The molecule has 0 spiro atoms. The van der Waals surface area contributed by atoms with E-state index in [1.165, 1.54) is 0 Å². The summed E-state index contributed by atoms with van der Waals surface area (Å²) >= 11 is 0. The topological polar surface area (TPSA) is 46.2 Å². The molecule has 0 heterocycles. The number of hydrogen-bond donors (Lipinski definition) is 2. The van der Waals surface area contributed by atoms with Crippen LogP contribution in [0.4, 0.5) is 0 Å². The van der Waals surface area contributed by atoms with Crippen LogP contribution in [0.1, 0.15) is 13.3 Å². The highest BCUT2D eigenvalue weighted by Gasteiger charge is 1.86. The molecule has 0 saturated carbocycles. The van der Waals surface area contributed by atoms with Crippen molar-refractivity contribution in [3.63, 3.8) is 0 Å². The fourth-order valence-electron chi connectivity index (χ4n) is 0.204. The van der Waals surface area contributed by atoms with Gasteiger partial charge in [0.1, 0.15) is 0 Å². The summed E-state index contributed by atoms with van der Waals surface area (Å²) in [6, 6.07) is 0.148. The van der Waals surface area contributed by atoms with Crippen LogP contribution in [0.15, 0.2) is 0 Å². The van der Waals surface area contributed by atoms with E-state index in [9.17, 15) is 0 Å². The molecule has 0 amide bonds. The molecule has 0 saturated heterocycles. The van der Waals surface area contributed by atoms with Crippen LogP contribution in [0.5, 0.6) is 0 Å². The molecule has 0 bridgehead atoms. The Hall–Kier alpha value is 0.210. The van der Waals surface area contributed by atoms with E-state index in [2.05, 4.69) is 0 Å². The van der Waals surface area contributed by atoms with Gasteiger partial charge in [-0.1, -0.05) is 0 Å². The molecule has 3 N–H and O–H groups in total. The van der Waals surface area contributed by atoms with Crippen LogP contribution < -0.4 is 5.73 Å². The summed E-state index contributed by atoms with van der Waals surface area (Å²) in [5.74, 6) is 0. The molecule has 1 atom stereocenters. The molecule has 0 aliphatic heterocycles. The van der Waals surface area contributed by atoms with Gasteiger partial charge in [0, 0.05) is 12.6 Å². The number of aliphatic hydroxyl groups is 1. The Morgan fingerprint density at radius 3 is 2.14 bits per heavy atom. The fourth-order valence-corrected chi connectivity index (χ4v) is 0.204. The van der Waals surface area contributed by atoms with E-state index in [0.29, 0.717) is 6.42 Å². The zero-order valence-corrected chi connectivity index (χ0v) is 5.24. The molecule has 0 aromatic rings. The van der Waals surface area contributed by atoms with Gasteiger partial charge < -0.3 is 10.8 Å². The van der Waals surface area contributed by atoms with Gasteiger partial charge in [-0.2, -0.15) is 0 Å². The summed E-state index contributed by atoms with van der Waals surface area (Å²) in [5, 5.41) is 8.16. The van der Waals surface area contributed by atoms with E-state index < -0.39 is 0 Å². The second-order valence-corrected chi connectivity index (χ2v) is 1.49. The highest BCUT2D eigenvalue weighted by Crippen LogP contribution is 1.79. The lowest BCUT2D eigenvalue weighted by Crippen LogP contribution is -2.15. The number of hydrogen-bond acceptors (Lipinski definition) is 2. The van der Waals surface area contributed by atoms with Crippen molar-refractivity contribution in [1.82, 2.24) is 0 Å². The largest absolute Gasteiger partial charge is 0.396 e. The van der Waals surface area contributed by atoms with Gasteiger partial charge in [-0.05, 0) is 13.3 Å². The van der Waals surface area contributed by atoms with Crippen molar-refractivity contribution in [2.45, 2.75) is 19.4 Å². The third-order valence-electron chi connectivity index (χ3n) is 0.584. The Morgan fingerprint density at radius 1 is 1.71 bits per heavy atom. The maximum atomic E-state index is 8.16. The molecule has 7 heavy (non-hydrogen) atoms. The Kier molecular flexibility index (Phi) is 9.09. The van der Waals surface area contributed by atoms with E-state index in [1.807, 2.05) is 6.92 Å². The van der Waals surface area contributed by atoms with Gasteiger partial charge in [-0.3, -0.25) is 0 Å².